The van der Waals surface area contributed by atoms with Crippen LogP contribution in [0.1, 0.15) is 10.4 Å². The Hall–Kier alpha value is -2.54. The minimum atomic E-state index is -0.139. The number of carbonyl (C=O) groups is 1. The van der Waals surface area contributed by atoms with Gasteiger partial charge < -0.3 is 14.8 Å². The van der Waals surface area contributed by atoms with Gasteiger partial charge in [0.05, 0.1) is 5.56 Å². The summed E-state index contributed by atoms with van der Waals surface area (Å²) in [6, 6.07) is 24.4. The first kappa shape index (κ1) is 18.3. The number of benzene rings is 3. The molecule has 0 aliphatic heterocycles. The molecule has 0 radical (unpaired) electrons. The van der Waals surface area contributed by atoms with Crippen molar-refractivity contribution in [3.63, 3.8) is 0 Å². The molecule has 26 heavy (non-hydrogen) atoms. The molecule has 0 heterocycles. The van der Waals surface area contributed by atoms with Crippen LogP contribution >= 0.6 is 22.6 Å². The quantitative estimate of drug-likeness (QED) is 0.400. The second-order valence-electron chi connectivity index (χ2n) is 5.47. The largest absolute Gasteiger partial charge is 0.490 e. The van der Waals surface area contributed by atoms with E-state index in [-0.39, 0.29) is 5.91 Å². The number of hydrogen-bond acceptors (Lipinski definition) is 3. The van der Waals surface area contributed by atoms with Crippen molar-refractivity contribution in [2.24, 2.45) is 0 Å². The highest BCUT2D eigenvalue weighted by Gasteiger charge is 2.09. The Morgan fingerprint density at radius 1 is 0.808 bits per heavy atom. The van der Waals surface area contributed by atoms with Crippen LogP contribution < -0.4 is 14.8 Å². The molecule has 0 aliphatic carbocycles. The van der Waals surface area contributed by atoms with Gasteiger partial charge in [0.2, 0.25) is 0 Å². The van der Waals surface area contributed by atoms with Crippen LogP contribution in [-0.2, 0) is 0 Å². The highest BCUT2D eigenvalue weighted by atomic mass is 127. The minimum absolute atomic E-state index is 0.139. The Morgan fingerprint density at radius 2 is 1.46 bits per heavy atom. The third-order valence-corrected chi connectivity index (χ3v) is 4.52. The number of hydrogen-bond donors (Lipinski definition) is 1. The van der Waals surface area contributed by atoms with Crippen LogP contribution in [0.2, 0.25) is 0 Å². The van der Waals surface area contributed by atoms with Crippen molar-refractivity contribution in [1.29, 1.82) is 0 Å². The topological polar surface area (TPSA) is 47.6 Å². The Bertz CT molecular complexity index is 868. The standard InChI is InChI=1S/C21H18INO3/c22-20-12-5-4-11-19(20)21(24)23-16-7-6-10-18(15-16)26-14-13-25-17-8-2-1-3-9-17/h1-12,15H,13-14H2,(H,23,24). The number of rotatable bonds is 7. The molecule has 3 rings (SSSR count). The zero-order valence-corrected chi connectivity index (χ0v) is 16.2. The molecule has 0 fully saturated rings. The molecule has 5 heteroatoms. The summed E-state index contributed by atoms with van der Waals surface area (Å²) < 4.78 is 12.2. The van der Waals surface area contributed by atoms with E-state index in [9.17, 15) is 4.79 Å². The number of amides is 1. The van der Waals surface area contributed by atoms with Gasteiger partial charge in [-0.2, -0.15) is 0 Å². The van der Waals surface area contributed by atoms with Crippen molar-refractivity contribution < 1.29 is 14.3 Å². The van der Waals surface area contributed by atoms with Gasteiger partial charge in [0.1, 0.15) is 24.7 Å². The van der Waals surface area contributed by atoms with E-state index >= 15 is 0 Å². The zero-order valence-electron chi connectivity index (χ0n) is 14.0. The average molecular weight is 459 g/mol. The second-order valence-corrected chi connectivity index (χ2v) is 6.63. The fourth-order valence-electron chi connectivity index (χ4n) is 2.34. The molecule has 0 atom stereocenters. The lowest BCUT2D eigenvalue weighted by Gasteiger charge is -2.11. The van der Waals surface area contributed by atoms with Crippen LogP contribution in [0.4, 0.5) is 5.69 Å². The predicted molar refractivity (Wildman–Crippen MR) is 111 cm³/mol. The molecule has 0 unspecified atom stereocenters. The Kier molecular flexibility index (Phi) is 6.49. The van der Waals surface area contributed by atoms with Crippen LogP contribution in [0, 0.1) is 3.57 Å². The lowest BCUT2D eigenvalue weighted by molar-refractivity contribution is 0.102. The van der Waals surface area contributed by atoms with Gasteiger partial charge in [0.25, 0.3) is 5.91 Å². The molecule has 0 bridgehead atoms. The van der Waals surface area contributed by atoms with Crippen LogP contribution in [0.15, 0.2) is 78.9 Å². The van der Waals surface area contributed by atoms with E-state index in [0.29, 0.717) is 30.2 Å². The average Bonchev–Trinajstić information content (AvgIpc) is 2.67. The molecule has 0 aromatic heterocycles. The molecule has 3 aromatic rings. The third kappa shape index (κ3) is 5.23. The molecule has 0 aliphatic rings. The summed E-state index contributed by atoms with van der Waals surface area (Å²) >= 11 is 2.15. The summed E-state index contributed by atoms with van der Waals surface area (Å²) in [5.74, 6) is 1.36. The Balaban J connectivity index is 1.53. The number of halogens is 1. The zero-order chi connectivity index (χ0) is 18.2. The fourth-order valence-corrected chi connectivity index (χ4v) is 2.98. The van der Waals surface area contributed by atoms with E-state index in [2.05, 4.69) is 27.9 Å². The Morgan fingerprint density at radius 3 is 2.23 bits per heavy atom. The molecule has 3 aromatic carbocycles. The van der Waals surface area contributed by atoms with Crippen molar-refractivity contribution in [2.75, 3.05) is 18.5 Å². The lowest BCUT2D eigenvalue weighted by Crippen LogP contribution is -2.13. The van der Waals surface area contributed by atoms with E-state index in [1.165, 1.54) is 0 Å². The van der Waals surface area contributed by atoms with E-state index in [1.807, 2.05) is 66.7 Å². The van der Waals surface area contributed by atoms with Crippen LogP contribution in [0.25, 0.3) is 0 Å². The van der Waals surface area contributed by atoms with Crippen LogP contribution in [0.5, 0.6) is 11.5 Å². The van der Waals surface area contributed by atoms with Crippen molar-refractivity contribution in [2.45, 2.75) is 0 Å². The van der Waals surface area contributed by atoms with E-state index in [0.717, 1.165) is 9.32 Å². The number of ether oxygens (including phenoxy) is 2. The number of para-hydroxylation sites is 1. The minimum Gasteiger partial charge on any atom is -0.490 e. The SMILES string of the molecule is O=C(Nc1cccc(OCCOc2ccccc2)c1)c1ccccc1I. The monoisotopic (exact) mass is 459 g/mol. The van der Waals surface area contributed by atoms with E-state index < -0.39 is 0 Å². The highest BCUT2D eigenvalue weighted by Crippen LogP contribution is 2.19. The van der Waals surface area contributed by atoms with Crippen molar-refractivity contribution in [3.8, 4) is 11.5 Å². The van der Waals surface area contributed by atoms with Crippen LogP contribution in [-0.4, -0.2) is 19.1 Å². The van der Waals surface area contributed by atoms with E-state index in [4.69, 9.17) is 9.47 Å². The molecule has 0 spiro atoms. The first-order chi connectivity index (χ1) is 12.7. The maximum absolute atomic E-state index is 12.4. The van der Waals surface area contributed by atoms with Gasteiger partial charge in [-0.1, -0.05) is 36.4 Å². The predicted octanol–water partition coefficient (Wildman–Crippen LogP) is 5.00. The molecular formula is C21H18INO3. The number of anilines is 1. The summed E-state index contributed by atoms with van der Waals surface area (Å²) in [4.78, 5) is 12.4. The summed E-state index contributed by atoms with van der Waals surface area (Å²) in [6.07, 6.45) is 0. The second kappa shape index (κ2) is 9.24. The maximum Gasteiger partial charge on any atom is 0.256 e. The molecular weight excluding hydrogens is 441 g/mol. The summed E-state index contributed by atoms with van der Waals surface area (Å²) in [5, 5.41) is 2.90. The first-order valence-electron chi connectivity index (χ1n) is 8.19. The van der Waals surface area contributed by atoms with Gasteiger partial charge in [-0.25, -0.2) is 0 Å². The van der Waals surface area contributed by atoms with Gasteiger partial charge in [0, 0.05) is 15.3 Å². The normalized spacial score (nSPS) is 10.2. The van der Waals surface area contributed by atoms with Gasteiger partial charge in [0.15, 0.2) is 0 Å². The fraction of sp³-hybridized carbons (Fsp3) is 0.0952. The molecule has 1 N–H and O–H groups in total. The van der Waals surface area contributed by atoms with E-state index in [1.54, 1.807) is 12.1 Å². The number of nitrogens with one attached hydrogen (secondary N) is 1. The van der Waals surface area contributed by atoms with Gasteiger partial charge in [-0.15, -0.1) is 0 Å². The van der Waals surface area contributed by atoms with Crippen LogP contribution in [0.3, 0.4) is 0 Å². The van der Waals surface area contributed by atoms with Crippen molar-refractivity contribution in [3.05, 3.63) is 88.0 Å². The molecule has 4 nitrogen and oxygen atoms in total. The van der Waals surface area contributed by atoms with Crippen molar-refractivity contribution >= 4 is 34.2 Å². The van der Waals surface area contributed by atoms with Gasteiger partial charge >= 0.3 is 0 Å². The highest BCUT2D eigenvalue weighted by molar-refractivity contribution is 14.1. The first-order valence-corrected chi connectivity index (χ1v) is 9.27. The summed E-state index contributed by atoms with van der Waals surface area (Å²) in [7, 11) is 0. The smallest absolute Gasteiger partial charge is 0.256 e. The molecule has 132 valence electrons. The Labute approximate surface area is 166 Å². The van der Waals surface area contributed by atoms with Gasteiger partial charge in [-0.3, -0.25) is 4.79 Å². The molecule has 0 saturated heterocycles. The molecule has 1 amide bonds. The third-order valence-electron chi connectivity index (χ3n) is 3.57. The summed E-state index contributed by atoms with van der Waals surface area (Å²) in [5.41, 5.74) is 1.34. The lowest BCUT2D eigenvalue weighted by atomic mass is 10.2. The van der Waals surface area contributed by atoms with Gasteiger partial charge in [-0.05, 0) is 59.0 Å². The number of carbonyl (C=O) groups excluding carboxylic acids is 1. The summed E-state index contributed by atoms with van der Waals surface area (Å²) in [6.45, 7) is 0.867. The van der Waals surface area contributed by atoms with Crippen molar-refractivity contribution in [1.82, 2.24) is 0 Å². The maximum atomic E-state index is 12.4. The molecule has 0 saturated carbocycles.